The number of aliphatic hydroxyl groups excluding tert-OH is 2. The van der Waals surface area contributed by atoms with Crippen LogP contribution in [0, 0.1) is 5.41 Å². The molecule has 17 amide bonds. The molecule has 2 aromatic heterocycles. The number of aromatic nitrogens is 2. The Kier molecular flexibility index (Phi) is 37.7. The van der Waals surface area contributed by atoms with E-state index >= 15 is 19.2 Å². The Balaban J connectivity index is 1.15. The fourth-order valence-electron chi connectivity index (χ4n) is 15.5. The lowest BCUT2D eigenvalue weighted by atomic mass is 10.0. The maximum atomic E-state index is 15.3. The minimum atomic E-state index is -1.85. The van der Waals surface area contributed by atoms with Gasteiger partial charge >= 0.3 is 0 Å². The molecule has 128 heavy (non-hydrogen) atoms. The molecular weight excluding hydrogens is 1680 g/mol. The third-order valence-electron chi connectivity index (χ3n) is 22.8. The van der Waals surface area contributed by atoms with Crippen LogP contribution in [0.4, 0.5) is 0 Å². The Bertz CT molecular complexity index is 4840. The van der Waals surface area contributed by atoms with E-state index in [9.17, 15) is 77.6 Å². The van der Waals surface area contributed by atoms with E-state index < -0.39 is 235 Å². The quantitative estimate of drug-likeness (QED) is 0.0165. The standard InChI is InChI=1S/C84H119N23O20S/c1-7-8-21-64-76(120)100-61(38-67(86)111)83(127)107-33-15-23-66(107)78(122)101-62(42-109)75(119)97-57(29-34-108)82(126)106-32-14-22-65(106)77(121)98-58(36-48-39-91-53-18-11-9-16-51(48)53)74(118)96-56(28-30-85)73(117)99-60(37-49-40-92-54-19-12-10-17-52(49)54)80(124)104(5)46(3)79(123)103(4)45(2)70(114)95-55(20-13-31-90-84(88)89)72(116)102-63(71(115)93-41-68(87)112)43-128-44-69(113)94-59(81(125)105(64)6)35-47-24-26-50(110)27-25-47/h9-12,16-19,24-27,39-40,45-46,55-66,91-92,108-110H,7-8,13-15,20-23,28-38,41-44,85H2,1-6H3,(H2,86,111)(H2,87,112)(H,93,115)(H,94,113)(H,95,114)(H,96,118)(H,97,119)(H,98,121)(H,99,117)(H,100,120)(H,101,122)(H,102,116)(H4,88,89,90)/t45-,46-,55-,56-,57-,58-,59-,60-,61-,62-,63?,64-,65-,66-/m0/s1. The van der Waals surface area contributed by atoms with Crippen LogP contribution in [0.1, 0.15) is 115 Å². The molecular formula is C84H119N23O20S. The number of likely N-dealkylation sites (N-methyl/N-ethyl adjacent to an activating group) is 3. The maximum absolute atomic E-state index is 15.3. The van der Waals surface area contributed by atoms with Gasteiger partial charge in [-0.05, 0) is 119 Å². The van der Waals surface area contributed by atoms with Gasteiger partial charge in [0.2, 0.25) is 100 Å². The first-order valence-corrected chi connectivity index (χ1v) is 43.6. The molecule has 43 nitrogen and oxygen atoms in total. The first-order chi connectivity index (χ1) is 61.0. The van der Waals surface area contributed by atoms with Gasteiger partial charge in [0.25, 0.3) is 0 Å². The van der Waals surface area contributed by atoms with Gasteiger partial charge in [0.05, 0.1) is 25.3 Å². The van der Waals surface area contributed by atoms with Crippen molar-refractivity contribution in [3.63, 3.8) is 0 Å². The van der Waals surface area contributed by atoms with E-state index in [1.165, 1.54) is 59.3 Å². The number of H-pyrrole nitrogens is 2. The van der Waals surface area contributed by atoms with Crippen molar-refractivity contribution >= 4 is 140 Å². The zero-order valence-corrected chi connectivity index (χ0v) is 73.2. The molecule has 0 radical (unpaired) electrons. The van der Waals surface area contributed by atoms with Crippen molar-refractivity contribution in [2.24, 2.45) is 22.9 Å². The summed E-state index contributed by atoms with van der Waals surface area (Å²) < 4.78 is 0. The number of aromatic hydroxyl groups is 1. The largest absolute Gasteiger partial charge is 0.508 e. The summed E-state index contributed by atoms with van der Waals surface area (Å²) in [4.78, 5) is 258. The van der Waals surface area contributed by atoms with Gasteiger partial charge in [0.1, 0.15) is 90.3 Å². The van der Waals surface area contributed by atoms with E-state index in [-0.39, 0.29) is 109 Å². The molecule has 5 heterocycles. The van der Waals surface area contributed by atoms with Crippen LogP contribution in [-0.2, 0) is 101 Å². The summed E-state index contributed by atoms with van der Waals surface area (Å²) in [6.45, 7) is 1.46. The highest BCUT2D eigenvalue weighted by atomic mass is 32.2. The second-order valence-electron chi connectivity index (χ2n) is 32.0. The Labute approximate surface area is 742 Å². The van der Waals surface area contributed by atoms with Gasteiger partial charge in [-0.2, -0.15) is 0 Å². The number of nitrogens with one attached hydrogen (secondary N) is 14. The van der Waals surface area contributed by atoms with Crippen molar-refractivity contribution in [2.75, 3.05) is 78.6 Å². The van der Waals surface area contributed by atoms with Crippen LogP contribution in [0.25, 0.3) is 21.8 Å². The number of hydrogen-bond donors (Lipinski definition) is 21. The molecule has 44 heteroatoms. The molecule has 3 fully saturated rings. The first kappa shape index (κ1) is 100. The van der Waals surface area contributed by atoms with Crippen molar-refractivity contribution < 1.29 is 96.8 Å². The molecule has 25 N–H and O–H groups in total. The molecule has 0 spiro atoms. The number of phenols is 1. The van der Waals surface area contributed by atoms with E-state index in [0.717, 1.165) is 36.3 Å². The van der Waals surface area contributed by atoms with Crippen molar-refractivity contribution in [2.45, 2.75) is 202 Å². The molecule has 3 aromatic carbocycles. The molecule has 5 aromatic rings. The fourth-order valence-corrected chi connectivity index (χ4v) is 16.3. The van der Waals surface area contributed by atoms with Gasteiger partial charge in [0.15, 0.2) is 5.96 Å². The molecule has 8 rings (SSSR count). The van der Waals surface area contributed by atoms with Crippen LogP contribution in [0.2, 0.25) is 0 Å². The zero-order chi connectivity index (χ0) is 93.8. The number of rotatable bonds is 23. The molecule has 0 aliphatic carbocycles. The summed E-state index contributed by atoms with van der Waals surface area (Å²) in [6.07, 6.45) is 1.79. The maximum Gasteiger partial charge on any atom is 0.246 e. The number of carbonyl (C=O) groups is 17. The van der Waals surface area contributed by atoms with E-state index in [1.807, 2.05) is 0 Å². The topological polar surface area (TPSA) is 659 Å². The van der Waals surface area contributed by atoms with Crippen molar-refractivity contribution in [1.29, 1.82) is 5.41 Å². The van der Waals surface area contributed by atoms with Crippen LogP contribution in [0.15, 0.2) is 85.2 Å². The van der Waals surface area contributed by atoms with Gasteiger partial charge < -0.3 is 131 Å². The lowest BCUT2D eigenvalue weighted by Crippen LogP contribution is -2.61. The number of guanidine groups is 1. The highest BCUT2D eigenvalue weighted by molar-refractivity contribution is 8.00. The number of nitrogens with two attached hydrogens (primary N) is 4. The zero-order valence-electron chi connectivity index (χ0n) is 72.4. The number of primary amides is 2. The summed E-state index contributed by atoms with van der Waals surface area (Å²) >= 11 is 0.755. The van der Waals surface area contributed by atoms with Gasteiger partial charge in [0, 0.05) is 107 Å². The predicted octanol–water partition coefficient (Wildman–Crippen LogP) is -5.35. The molecule has 3 aliphatic rings. The number of aliphatic hydroxyl groups is 2. The van der Waals surface area contributed by atoms with Crippen LogP contribution in [-0.4, -0.2) is 319 Å². The molecule has 1 unspecified atom stereocenters. The number of phenolic OH excluding ortho intramolecular Hbond substituents is 1. The average Bonchev–Trinajstić information content (AvgIpc) is 1.55. The van der Waals surface area contributed by atoms with Gasteiger partial charge in [-0.25, -0.2) is 0 Å². The molecule has 3 aliphatic heterocycles. The number of fused-ring (bicyclic) bond motifs is 4. The van der Waals surface area contributed by atoms with E-state index in [4.69, 9.17) is 28.3 Å². The Morgan fingerprint density at radius 1 is 0.508 bits per heavy atom. The SMILES string of the molecule is CCCC[C@H]1C(=O)N[C@@H](CC(N)=O)C(=O)N2CCC[C@H]2C(=O)N[C@@H](CO)C(=O)N[C@@H](CCO)C(=O)N2CCC[C@H]2C(=O)N[C@@H](Cc2c[nH]c3ccccc23)C(=O)N[C@@H](CCN)C(=O)N[C@@H](Cc2c[nH]c3ccccc23)C(=O)N(C)[C@@H](C)C(=O)N(C)[C@@H](C)C(=O)N[C@@H](CCCNC(=N)N)C(=O)NC(C(=O)NCC(N)=O)CSCC(=O)N[C@@H](Cc2ccc(O)cc2)C(=O)N1C. The number of carbonyl (C=O) groups excluding carboxylic acids is 17. The molecule has 696 valence electrons. The summed E-state index contributed by atoms with van der Waals surface area (Å²) in [7, 11) is 3.80. The fraction of sp³-hybridized carbons (Fsp3) is 0.524. The number of benzene rings is 3. The second-order valence-corrected chi connectivity index (χ2v) is 33.0. The summed E-state index contributed by atoms with van der Waals surface area (Å²) in [6, 6.07) is -1.92. The Hall–Kier alpha value is -13.0. The predicted molar refractivity (Wildman–Crippen MR) is 468 cm³/mol. The smallest absolute Gasteiger partial charge is 0.246 e. The minimum absolute atomic E-state index is 0.0124. The van der Waals surface area contributed by atoms with Crippen LogP contribution in [0.5, 0.6) is 5.75 Å². The van der Waals surface area contributed by atoms with Gasteiger partial charge in [-0.3, -0.25) is 86.9 Å². The first-order valence-electron chi connectivity index (χ1n) is 42.4. The van der Waals surface area contributed by atoms with Crippen LogP contribution in [0.3, 0.4) is 0 Å². The number of unbranched alkanes of at least 4 members (excludes halogenated alkanes) is 1. The van der Waals surface area contributed by atoms with Crippen LogP contribution < -0.4 is 81.4 Å². The number of nitrogens with zero attached hydrogens (tertiary/aromatic N) is 5. The monoisotopic (exact) mass is 1800 g/mol. The third-order valence-corrected chi connectivity index (χ3v) is 23.9. The average molecular weight is 1800 g/mol. The lowest BCUT2D eigenvalue weighted by Gasteiger charge is -2.34. The molecule has 14 atom stereocenters. The third kappa shape index (κ3) is 27.5. The lowest BCUT2D eigenvalue weighted by molar-refractivity contribution is -0.148. The van der Waals surface area contributed by atoms with Crippen molar-refractivity contribution in [1.82, 2.24) is 93.0 Å². The summed E-state index contributed by atoms with van der Waals surface area (Å²) in [5, 5.41) is 68.9. The second kappa shape index (κ2) is 48.1. The number of hydrogen-bond acceptors (Lipinski definition) is 23. The minimum Gasteiger partial charge on any atom is -0.508 e. The highest BCUT2D eigenvalue weighted by Crippen LogP contribution is 2.27. The summed E-state index contributed by atoms with van der Waals surface area (Å²) in [5.74, 6) is -17.7. The van der Waals surface area contributed by atoms with E-state index in [1.54, 1.807) is 67.8 Å². The van der Waals surface area contributed by atoms with Gasteiger partial charge in [-0.1, -0.05) is 68.3 Å². The molecule has 0 bridgehead atoms. The number of amides is 17. The number of thioether (sulfide) groups is 1. The normalized spacial score (nSPS) is 24.8. The number of aromatic amines is 2. The van der Waals surface area contributed by atoms with Crippen molar-refractivity contribution in [3.8, 4) is 5.75 Å². The van der Waals surface area contributed by atoms with E-state index in [2.05, 4.69) is 68.5 Å². The van der Waals surface area contributed by atoms with Crippen molar-refractivity contribution in [3.05, 3.63) is 102 Å². The summed E-state index contributed by atoms with van der Waals surface area (Å²) in [5.41, 5.74) is 25.6. The van der Waals surface area contributed by atoms with Crippen LogP contribution >= 0.6 is 11.8 Å². The highest BCUT2D eigenvalue weighted by Gasteiger charge is 2.45. The van der Waals surface area contributed by atoms with E-state index in [0.29, 0.717) is 44.9 Å². The molecule has 0 saturated carbocycles. The Morgan fingerprint density at radius 3 is 1.58 bits per heavy atom. The number of para-hydroxylation sites is 2. The van der Waals surface area contributed by atoms with Gasteiger partial charge in [-0.15, -0.1) is 11.8 Å². The Morgan fingerprint density at radius 2 is 1.01 bits per heavy atom. The molecule has 3 saturated heterocycles.